The second kappa shape index (κ2) is 5.06. The van der Waals surface area contributed by atoms with E-state index >= 15 is 0 Å². The van der Waals surface area contributed by atoms with Gasteiger partial charge < -0.3 is 14.9 Å². The van der Waals surface area contributed by atoms with Crippen LogP contribution < -0.4 is 4.74 Å². The van der Waals surface area contributed by atoms with Crippen molar-refractivity contribution in [2.75, 3.05) is 7.11 Å². The summed E-state index contributed by atoms with van der Waals surface area (Å²) in [6.45, 7) is 0. The van der Waals surface area contributed by atoms with E-state index in [0.29, 0.717) is 11.3 Å². The molecule has 0 aliphatic rings. The Morgan fingerprint density at radius 1 is 1.28 bits per heavy atom. The summed E-state index contributed by atoms with van der Waals surface area (Å²) in [5, 5.41) is 20.2. The summed E-state index contributed by atoms with van der Waals surface area (Å²) in [4.78, 5) is 10.7. The first kappa shape index (κ1) is 12.4. The molecule has 0 aliphatic carbocycles. The molecule has 2 aromatic rings. The Hall–Kier alpha value is -2.07. The SMILES string of the molecule is COc1ccc2ccccc2c1CC(O)C(=O)O. The van der Waals surface area contributed by atoms with E-state index in [4.69, 9.17) is 9.84 Å². The number of carboxylic acid groups (broad SMARTS) is 1. The van der Waals surface area contributed by atoms with Gasteiger partial charge in [0.2, 0.25) is 0 Å². The number of rotatable bonds is 4. The average molecular weight is 246 g/mol. The summed E-state index contributed by atoms with van der Waals surface area (Å²) in [5.41, 5.74) is 0.713. The fraction of sp³-hybridized carbons (Fsp3) is 0.214. The van der Waals surface area contributed by atoms with Crippen LogP contribution in [-0.2, 0) is 11.2 Å². The predicted molar refractivity (Wildman–Crippen MR) is 67.8 cm³/mol. The van der Waals surface area contributed by atoms with Crippen molar-refractivity contribution in [3.63, 3.8) is 0 Å². The summed E-state index contributed by atoms with van der Waals surface area (Å²) in [6.07, 6.45) is -1.40. The summed E-state index contributed by atoms with van der Waals surface area (Å²) in [5.74, 6) is -0.640. The highest BCUT2D eigenvalue weighted by Crippen LogP contribution is 2.29. The third-order valence-electron chi connectivity index (χ3n) is 2.90. The Labute approximate surface area is 104 Å². The smallest absolute Gasteiger partial charge is 0.332 e. The second-order valence-electron chi connectivity index (χ2n) is 4.03. The van der Waals surface area contributed by atoms with Gasteiger partial charge in [-0.05, 0) is 16.8 Å². The number of carboxylic acids is 1. The zero-order valence-corrected chi connectivity index (χ0v) is 9.96. The van der Waals surface area contributed by atoms with Crippen molar-refractivity contribution in [2.24, 2.45) is 0 Å². The second-order valence-corrected chi connectivity index (χ2v) is 4.03. The van der Waals surface area contributed by atoms with E-state index in [-0.39, 0.29) is 6.42 Å². The molecule has 0 amide bonds. The molecule has 0 aliphatic heterocycles. The van der Waals surface area contributed by atoms with Crippen molar-refractivity contribution in [2.45, 2.75) is 12.5 Å². The summed E-state index contributed by atoms with van der Waals surface area (Å²) in [7, 11) is 1.53. The van der Waals surface area contributed by atoms with Gasteiger partial charge in [0.05, 0.1) is 7.11 Å². The topological polar surface area (TPSA) is 66.8 Å². The number of aliphatic carboxylic acids is 1. The molecule has 0 aromatic heterocycles. The van der Waals surface area contributed by atoms with Crippen LogP contribution in [-0.4, -0.2) is 29.4 Å². The number of carbonyl (C=O) groups is 1. The lowest BCUT2D eigenvalue weighted by Crippen LogP contribution is -2.22. The molecule has 4 nitrogen and oxygen atoms in total. The van der Waals surface area contributed by atoms with Crippen molar-refractivity contribution in [3.8, 4) is 5.75 Å². The number of fused-ring (bicyclic) bond motifs is 1. The molecule has 2 rings (SSSR count). The molecule has 0 saturated heterocycles. The van der Waals surface area contributed by atoms with Gasteiger partial charge in [-0.2, -0.15) is 0 Å². The number of aliphatic hydroxyl groups excluding tert-OH is 1. The van der Waals surface area contributed by atoms with Crippen molar-refractivity contribution >= 4 is 16.7 Å². The molecular formula is C14H14O4. The van der Waals surface area contributed by atoms with Gasteiger partial charge in [-0.25, -0.2) is 4.79 Å². The van der Waals surface area contributed by atoms with Crippen LogP contribution >= 0.6 is 0 Å². The predicted octanol–water partition coefficient (Wildman–Crippen LogP) is 1.84. The Morgan fingerprint density at radius 3 is 2.67 bits per heavy atom. The van der Waals surface area contributed by atoms with Gasteiger partial charge in [-0.1, -0.05) is 30.3 Å². The molecule has 0 heterocycles. The van der Waals surface area contributed by atoms with Crippen LogP contribution in [0, 0.1) is 0 Å². The Bertz CT molecular complexity index is 577. The maximum atomic E-state index is 10.7. The highest BCUT2D eigenvalue weighted by molar-refractivity contribution is 5.88. The van der Waals surface area contributed by atoms with Crippen LogP contribution in [0.3, 0.4) is 0 Å². The van der Waals surface area contributed by atoms with E-state index in [9.17, 15) is 9.90 Å². The molecule has 0 saturated carbocycles. The van der Waals surface area contributed by atoms with E-state index in [0.717, 1.165) is 10.8 Å². The molecule has 4 heteroatoms. The lowest BCUT2D eigenvalue weighted by Gasteiger charge is -2.13. The highest BCUT2D eigenvalue weighted by Gasteiger charge is 2.18. The lowest BCUT2D eigenvalue weighted by molar-refractivity contribution is -0.146. The monoisotopic (exact) mass is 246 g/mol. The van der Waals surface area contributed by atoms with Gasteiger partial charge in [0.25, 0.3) is 0 Å². The Balaban J connectivity index is 2.54. The van der Waals surface area contributed by atoms with Gasteiger partial charge in [-0.3, -0.25) is 0 Å². The third-order valence-corrected chi connectivity index (χ3v) is 2.90. The molecule has 1 unspecified atom stereocenters. The van der Waals surface area contributed by atoms with Gasteiger partial charge in [0, 0.05) is 12.0 Å². The maximum absolute atomic E-state index is 10.7. The fourth-order valence-corrected chi connectivity index (χ4v) is 2.00. The fourth-order valence-electron chi connectivity index (χ4n) is 2.00. The summed E-state index contributed by atoms with van der Waals surface area (Å²) in [6, 6.07) is 11.3. The van der Waals surface area contributed by atoms with Gasteiger partial charge in [0.1, 0.15) is 5.75 Å². The van der Waals surface area contributed by atoms with Gasteiger partial charge in [0.15, 0.2) is 6.10 Å². The molecular weight excluding hydrogens is 232 g/mol. The number of methoxy groups -OCH3 is 1. The van der Waals surface area contributed by atoms with E-state index in [1.807, 2.05) is 30.3 Å². The first-order valence-electron chi connectivity index (χ1n) is 5.59. The van der Waals surface area contributed by atoms with Gasteiger partial charge in [-0.15, -0.1) is 0 Å². The van der Waals surface area contributed by atoms with E-state index < -0.39 is 12.1 Å². The quantitative estimate of drug-likeness (QED) is 0.863. The first-order valence-corrected chi connectivity index (χ1v) is 5.59. The molecule has 0 fully saturated rings. The van der Waals surface area contributed by atoms with E-state index in [1.54, 1.807) is 6.07 Å². The maximum Gasteiger partial charge on any atom is 0.332 e. The minimum absolute atomic E-state index is 0.0276. The third kappa shape index (κ3) is 2.28. The number of ether oxygens (including phenoxy) is 1. The number of hydrogen-bond acceptors (Lipinski definition) is 3. The highest BCUT2D eigenvalue weighted by atomic mass is 16.5. The van der Waals surface area contributed by atoms with E-state index in [2.05, 4.69) is 0 Å². The van der Waals surface area contributed by atoms with Crippen molar-refractivity contribution in [3.05, 3.63) is 42.0 Å². The van der Waals surface area contributed by atoms with Crippen molar-refractivity contribution in [1.29, 1.82) is 0 Å². The number of benzene rings is 2. The normalized spacial score (nSPS) is 12.3. The van der Waals surface area contributed by atoms with Gasteiger partial charge >= 0.3 is 5.97 Å². The van der Waals surface area contributed by atoms with Crippen LogP contribution in [0.2, 0.25) is 0 Å². The largest absolute Gasteiger partial charge is 0.496 e. The molecule has 2 aromatic carbocycles. The molecule has 2 N–H and O–H groups in total. The summed E-state index contributed by atoms with van der Waals surface area (Å²) < 4.78 is 5.23. The van der Waals surface area contributed by atoms with Crippen molar-refractivity contribution in [1.82, 2.24) is 0 Å². The van der Waals surface area contributed by atoms with Crippen molar-refractivity contribution < 1.29 is 19.7 Å². The Morgan fingerprint density at radius 2 is 2.00 bits per heavy atom. The molecule has 0 bridgehead atoms. The average Bonchev–Trinajstić information content (AvgIpc) is 2.39. The Kier molecular flexibility index (Phi) is 3.48. The number of aliphatic hydroxyl groups is 1. The van der Waals surface area contributed by atoms with E-state index in [1.165, 1.54) is 7.11 Å². The minimum Gasteiger partial charge on any atom is -0.496 e. The molecule has 18 heavy (non-hydrogen) atoms. The minimum atomic E-state index is -1.43. The molecule has 94 valence electrons. The first-order chi connectivity index (χ1) is 8.63. The van der Waals surface area contributed by atoms with Crippen LogP contribution in [0.4, 0.5) is 0 Å². The van der Waals surface area contributed by atoms with Crippen LogP contribution in [0.5, 0.6) is 5.75 Å². The molecule has 0 radical (unpaired) electrons. The standard InChI is InChI=1S/C14H14O4/c1-18-13-7-6-9-4-2-3-5-10(9)11(13)8-12(15)14(16)17/h2-7,12,15H,8H2,1H3,(H,16,17). The number of hydrogen-bond donors (Lipinski definition) is 2. The zero-order chi connectivity index (χ0) is 13.1. The molecule has 1 atom stereocenters. The lowest BCUT2D eigenvalue weighted by atomic mass is 9.98. The van der Waals surface area contributed by atoms with Crippen LogP contribution in [0.15, 0.2) is 36.4 Å². The summed E-state index contributed by atoms with van der Waals surface area (Å²) >= 11 is 0. The van der Waals surface area contributed by atoms with Crippen LogP contribution in [0.1, 0.15) is 5.56 Å². The van der Waals surface area contributed by atoms with Crippen LogP contribution in [0.25, 0.3) is 10.8 Å². The zero-order valence-electron chi connectivity index (χ0n) is 9.96. The molecule has 0 spiro atoms.